The molecule has 138 valence electrons. The predicted octanol–water partition coefficient (Wildman–Crippen LogP) is 3.78. The Morgan fingerprint density at radius 1 is 1.00 bits per heavy atom. The maximum absolute atomic E-state index is 12.2. The van der Waals surface area contributed by atoms with Gasteiger partial charge in [0, 0.05) is 12.2 Å². The Morgan fingerprint density at radius 3 is 2.41 bits per heavy atom. The number of benzene rings is 2. The number of rotatable bonds is 6. The third-order valence-electron chi connectivity index (χ3n) is 4.28. The fraction of sp³-hybridized carbons (Fsp3) is 0.190. The number of aromatic nitrogens is 2. The molecular formula is C21H22N4O2. The minimum Gasteiger partial charge on any atom is -0.497 e. The van der Waals surface area contributed by atoms with Gasteiger partial charge in [0.05, 0.1) is 19.5 Å². The molecule has 0 aliphatic rings. The van der Waals surface area contributed by atoms with Gasteiger partial charge >= 0.3 is 0 Å². The summed E-state index contributed by atoms with van der Waals surface area (Å²) in [5, 5.41) is 6.02. The Hall–Kier alpha value is -3.41. The zero-order chi connectivity index (χ0) is 19.2. The number of hydrogen-bond acceptors (Lipinski definition) is 5. The van der Waals surface area contributed by atoms with Crippen molar-refractivity contribution in [2.45, 2.75) is 20.4 Å². The first-order valence-corrected chi connectivity index (χ1v) is 8.62. The lowest BCUT2D eigenvalue weighted by atomic mass is 10.1. The smallest absolute Gasteiger partial charge is 0.271 e. The highest BCUT2D eigenvalue weighted by atomic mass is 16.5. The van der Waals surface area contributed by atoms with E-state index in [9.17, 15) is 4.79 Å². The van der Waals surface area contributed by atoms with Crippen LogP contribution in [0.5, 0.6) is 5.75 Å². The van der Waals surface area contributed by atoms with E-state index in [0.29, 0.717) is 12.4 Å². The molecule has 0 unspecified atom stereocenters. The molecule has 0 saturated carbocycles. The largest absolute Gasteiger partial charge is 0.497 e. The van der Waals surface area contributed by atoms with Gasteiger partial charge < -0.3 is 15.4 Å². The second-order valence-corrected chi connectivity index (χ2v) is 6.24. The van der Waals surface area contributed by atoms with Gasteiger partial charge in [0.1, 0.15) is 17.3 Å². The summed E-state index contributed by atoms with van der Waals surface area (Å²) in [6.45, 7) is 4.54. The van der Waals surface area contributed by atoms with E-state index >= 15 is 0 Å². The highest BCUT2D eigenvalue weighted by Crippen LogP contribution is 2.18. The molecule has 1 heterocycles. The number of anilines is 2. The number of nitrogens with one attached hydrogen (secondary N) is 2. The Kier molecular flexibility index (Phi) is 5.66. The normalized spacial score (nSPS) is 10.3. The van der Waals surface area contributed by atoms with Crippen molar-refractivity contribution in [1.29, 1.82) is 0 Å². The number of amides is 1. The number of carbonyl (C=O) groups excluding carboxylic acids is 1. The van der Waals surface area contributed by atoms with Crippen molar-refractivity contribution < 1.29 is 9.53 Å². The van der Waals surface area contributed by atoms with Gasteiger partial charge in [-0.25, -0.2) is 9.97 Å². The summed E-state index contributed by atoms with van der Waals surface area (Å²) in [6.07, 6.45) is 3.02. The number of hydrogen-bond donors (Lipinski definition) is 2. The highest BCUT2D eigenvalue weighted by molar-refractivity contribution is 5.92. The average molecular weight is 362 g/mol. The molecule has 3 rings (SSSR count). The molecule has 0 spiro atoms. The lowest BCUT2D eigenvalue weighted by molar-refractivity contribution is 0.0945. The fourth-order valence-corrected chi connectivity index (χ4v) is 2.49. The van der Waals surface area contributed by atoms with Crippen LogP contribution >= 0.6 is 0 Å². The molecule has 0 atom stereocenters. The zero-order valence-electron chi connectivity index (χ0n) is 15.6. The van der Waals surface area contributed by atoms with Crippen LogP contribution < -0.4 is 15.4 Å². The summed E-state index contributed by atoms with van der Waals surface area (Å²) in [7, 11) is 1.62. The Bertz CT molecular complexity index is 922. The maximum atomic E-state index is 12.2. The van der Waals surface area contributed by atoms with Crippen molar-refractivity contribution in [1.82, 2.24) is 15.3 Å². The van der Waals surface area contributed by atoms with Crippen molar-refractivity contribution >= 4 is 17.4 Å². The second-order valence-electron chi connectivity index (χ2n) is 6.24. The lowest BCUT2D eigenvalue weighted by Crippen LogP contribution is -2.24. The summed E-state index contributed by atoms with van der Waals surface area (Å²) in [5.41, 5.74) is 4.61. The van der Waals surface area contributed by atoms with Gasteiger partial charge in [-0.3, -0.25) is 4.79 Å². The summed E-state index contributed by atoms with van der Waals surface area (Å²) in [5.74, 6) is 1.10. The molecule has 1 amide bonds. The minimum atomic E-state index is -0.268. The van der Waals surface area contributed by atoms with Crippen molar-refractivity contribution in [3.8, 4) is 5.75 Å². The van der Waals surface area contributed by atoms with E-state index in [1.807, 2.05) is 42.5 Å². The average Bonchev–Trinajstić information content (AvgIpc) is 2.70. The Labute approximate surface area is 158 Å². The first-order valence-electron chi connectivity index (χ1n) is 8.62. The minimum absolute atomic E-state index is 0.268. The standard InChI is InChI=1S/C21H22N4O2/c1-14-4-7-17(10-15(14)2)25-20-13-22-19(12-23-20)21(26)24-11-16-5-8-18(27-3)9-6-16/h4-10,12-13H,11H2,1-3H3,(H,23,25)(H,24,26). The van der Waals surface area contributed by atoms with E-state index in [0.717, 1.165) is 17.0 Å². The predicted molar refractivity (Wildman–Crippen MR) is 105 cm³/mol. The Morgan fingerprint density at radius 2 is 1.78 bits per heavy atom. The number of methoxy groups -OCH3 is 1. The zero-order valence-corrected chi connectivity index (χ0v) is 15.6. The van der Waals surface area contributed by atoms with Gasteiger partial charge in [-0.15, -0.1) is 0 Å². The van der Waals surface area contributed by atoms with Crippen molar-refractivity contribution in [2.75, 3.05) is 12.4 Å². The fourth-order valence-electron chi connectivity index (χ4n) is 2.49. The number of aryl methyl sites for hydroxylation is 2. The van der Waals surface area contributed by atoms with Crippen LogP contribution in [0.15, 0.2) is 54.9 Å². The number of ether oxygens (including phenoxy) is 1. The number of nitrogens with zero attached hydrogens (tertiary/aromatic N) is 2. The lowest BCUT2D eigenvalue weighted by Gasteiger charge is -2.09. The maximum Gasteiger partial charge on any atom is 0.271 e. The summed E-state index contributed by atoms with van der Waals surface area (Å²) < 4.78 is 5.12. The van der Waals surface area contributed by atoms with Crippen LogP contribution in [-0.4, -0.2) is 23.0 Å². The molecule has 0 aliphatic carbocycles. The van der Waals surface area contributed by atoms with Gasteiger partial charge in [-0.2, -0.15) is 0 Å². The molecule has 27 heavy (non-hydrogen) atoms. The number of carbonyl (C=O) groups is 1. The molecular weight excluding hydrogens is 340 g/mol. The van der Waals surface area contributed by atoms with Crippen LogP contribution in [0.2, 0.25) is 0 Å². The Balaban J connectivity index is 1.58. The molecule has 3 aromatic rings. The van der Waals surface area contributed by atoms with Gasteiger partial charge in [0.25, 0.3) is 5.91 Å². The second kappa shape index (κ2) is 8.31. The third kappa shape index (κ3) is 4.82. The van der Waals surface area contributed by atoms with Crippen LogP contribution in [-0.2, 0) is 6.54 Å². The molecule has 2 aromatic carbocycles. The molecule has 0 fully saturated rings. The first-order chi connectivity index (χ1) is 13.0. The van der Waals surface area contributed by atoms with Crippen LogP contribution in [0.3, 0.4) is 0 Å². The first kappa shape index (κ1) is 18.4. The van der Waals surface area contributed by atoms with E-state index < -0.39 is 0 Å². The van der Waals surface area contributed by atoms with Gasteiger partial charge in [-0.1, -0.05) is 18.2 Å². The van der Waals surface area contributed by atoms with Crippen LogP contribution in [0.25, 0.3) is 0 Å². The molecule has 0 saturated heterocycles. The van der Waals surface area contributed by atoms with Gasteiger partial charge in [0.15, 0.2) is 0 Å². The SMILES string of the molecule is COc1ccc(CNC(=O)c2cnc(Nc3ccc(C)c(C)c3)cn2)cc1. The summed E-state index contributed by atoms with van der Waals surface area (Å²) in [4.78, 5) is 20.7. The molecule has 6 heteroatoms. The van der Waals surface area contributed by atoms with E-state index in [1.54, 1.807) is 13.3 Å². The van der Waals surface area contributed by atoms with Crippen LogP contribution in [0, 0.1) is 13.8 Å². The van der Waals surface area contributed by atoms with E-state index in [1.165, 1.54) is 17.3 Å². The molecule has 2 N–H and O–H groups in total. The topological polar surface area (TPSA) is 76.1 Å². The van der Waals surface area contributed by atoms with Crippen LogP contribution in [0.4, 0.5) is 11.5 Å². The third-order valence-corrected chi connectivity index (χ3v) is 4.28. The highest BCUT2D eigenvalue weighted by Gasteiger charge is 2.08. The molecule has 0 bridgehead atoms. The van der Waals surface area contributed by atoms with Crippen molar-refractivity contribution in [2.24, 2.45) is 0 Å². The monoisotopic (exact) mass is 362 g/mol. The molecule has 0 aliphatic heterocycles. The quantitative estimate of drug-likeness (QED) is 0.698. The molecule has 6 nitrogen and oxygen atoms in total. The van der Waals surface area contributed by atoms with Crippen molar-refractivity contribution in [3.63, 3.8) is 0 Å². The summed E-state index contributed by atoms with van der Waals surface area (Å²) in [6, 6.07) is 13.6. The summed E-state index contributed by atoms with van der Waals surface area (Å²) >= 11 is 0. The van der Waals surface area contributed by atoms with Crippen LogP contribution in [0.1, 0.15) is 27.2 Å². The van der Waals surface area contributed by atoms with Gasteiger partial charge in [-0.05, 0) is 54.8 Å². The van der Waals surface area contributed by atoms with E-state index in [-0.39, 0.29) is 11.6 Å². The van der Waals surface area contributed by atoms with Crippen molar-refractivity contribution in [3.05, 3.63) is 77.2 Å². The van der Waals surface area contributed by atoms with E-state index in [4.69, 9.17) is 4.74 Å². The van der Waals surface area contributed by atoms with Gasteiger partial charge in [0.2, 0.25) is 0 Å². The molecule has 1 aromatic heterocycles. The molecule has 0 radical (unpaired) electrons. The van der Waals surface area contributed by atoms with E-state index in [2.05, 4.69) is 34.4 Å².